The van der Waals surface area contributed by atoms with Gasteiger partial charge in [-0.2, -0.15) is 0 Å². The summed E-state index contributed by atoms with van der Waals surface area (Å²) in [4.78, 5) is 23.6. The first kappa shape index (κ1) is 20.1. The average Bonchev–Trinajstić information content (AvgIpc) is 2.96. The quantitative estimate of drug-likeness (QED) is 0.574. The van der Waals surface area contributed by atoms with Crippen LogP contribution in [-0.4, -0.2) is 19.1 Å². The van der Waals surface area contributed by atoms with Crippen molar-refractivity contribution in [3.8, 4) is 0 Å². The normalized spacial score (nSPS) is 11.8. The number of methoxy groups -OCH3 is 1. The average molecular weight is 403 g/mol. The molecule has 2 amide bonds. The Morgan fingerprint density at radius 3 is 2.62 bits per heavy atom. The van der Waals surface area contributed by atoms with Crippen molar-refractivity contribution in [1.29, 1.82) is 0 Å². The highest BCUT2D eigenvalue weighted by atomic mass is 35.5. The van der Waals surface area contributed by atoms with Gasteiger partial charge in [-0.25, -0.2) is 14.0 Å². The van der Waals surface area contributed by atoms with E-state index < -0.39 is 23.9 Å². The maximum Gasteiger partial charge on any atom is 0.341 e. The lowest BCUT2D eigenvalue weighted by molar-refractivity contribution is 0.0598. The van der Waals surface area contributed by atoms with E-state index in [4.69, 9.17) is 27.6 Å². The fourth-order valence-electron chi connectivity index (χ4n) is 2.31. The van der Waals surface area contributed by atoms with Gasteiger partial charge in [0, 0.05) is 5.02 Å². The molecule has 2 aromatic rings. The van der Waals surface area contributed by atoms with Crippen molar-refractivity contribution >= 4 is 35.2 Å². The van der Waals surface area contributed by atoms with Gasteiger partial charge in [-0.1, -0.05) is 23.2 Å². The SMILES string of the molecule is COC(=O)c1cc(CNC(=O)NC(C)c2cc(F)c(Cl)cc2Cl)oc1C. The van der Waals surface area contributed by atoms with Crippen molar-refractivity contribution in [1.82, 2.24) is 10.6 Å². The van der Waals surface area contributed by atoms with Gasteiger partial charge in [-0.15, -0.1) is 0 Å². The summed E-state index contributed by atoms with van der Waals surface area (Å²) in [6.07, 6.45) is 0. The van der Waals surface area contributed by atoms with Gasteiger partial charge in [0.1, 0.15) is 22.9 Å². The zero-order valence-electron chi connectivity index (χ0n) is 14.3. The van der Waals surface area contributed by atoms with E-state index in [0.29, 0.717) is 22.6 Å². The fraction of sp³-hybridized carbons (Fsp3) is 0.294. The van der Waals surface area contributed by atoms with Crippen LogP contribution < -0.4 is 10.6 Å². The minimum atomic E-state index is -0.624. The van der Waals surface area contributed by atoms with Crippen molar-refractivity contribution in [2.24, 2.45) is 0 Å². The number of rotatable bonds is 5. The number of aryl methyl sites for hydroxylation is 1. The summed E-state index contributed by atoms with van der Waals surface area (Å²) in [5.74, 6) is -0.358. The molecular weight excluding hydrogens is 386 g/mol. The van der Waals surface area contributed by atoms with E-state index in [1.165, 1.54) is 25.3 Å². The smallest absolute Gasteiger partial charge is 0.341 e. The van der Waals surface area contributed by atoms with Crippen molar-refractivity contribution in [3.63, 3.8) is 0 Å². The summed E-state index contributed by atoms with van der Waals surface area (Å²) >= 11 is 11.7. The first-order valence-electron chi connectivity index (χ1n) is 7.59. The number of furan rings is 1. The van der Waals surface area contributed by atoms with Crippen LogP contribution in [0.3, 0.4) is 0 Å². The minimum absolute atomic E-state index is 0.0547. The summed E-state index contributed by atoms with van der Waals surface area (Å²) in [6, 6.07) is 2.88. The number of benzene rings is 1. The second kappa shape index (κ2) is 8.42. The molecule has 0 bridgehead atoms. The molecule has 0 fully saturated rings. The van der Waals surface area contributed by atoms with Crippen LogP contribution in [0.25, 0.3) is 0 Å². The van der Waals surface area contributed by atoms with E-state index >= 15 is 0 Å². The molecule has 0 aliphatic carbocycles. The van der Waals surface area contributed by atoms with Crippen LogP contribution in [0.5, 0.6) is 0 Å². The van der Waals surface area contributed by atoms with Crippen LogP contribution in [0.2, 0.25) is 10.0 Å². The van der Waals surface area contributed by atoms with E-state index in [0.717, 1.165) is 0 Å². The van der Waals surface area contributed by atoms with E-state index in [1.807, 2.05) is 0 Å². The van der Waals surface area contributed by atoms with Crippen LogP contribution in [0, 0.1) is 12.7 Å². The summed E-state index contributed by atoms with van der Waals surface area (Å²) in [6.45, 7) is 3.33. The summed E-state index contributed by atoms with van der Waals surface area (Å²) in [5.41, 5.74) is 0.687. The molecule has 1 aromatic heterocycles. The van der Waals surface area contributed by atoms with Crippen LogP contribution >= 0.6 is 23.2 Å². The molecule has 1 atom stereocenters. The highest BCUT2D eigenvalue weighted by Crippen LogP contribution is 2.28. The second-order valence-corrected chi connectivity index (χ2v) is 6.33. The van der Waals surface area contributed by atoms with E-state index in [2.05, 4.69) is 15.4 Å². The molecule has 1 aromatic carbocycles. The lowest BCUT2D eigenvalue weighted by Crippen LogP contribution is -2.36. The molecule has 0 spiro atoms. The lowest BCUT2D eigenvalue weighted by Gasteiger charge is -2.16. The Morgan fingerprint density at radius 1 is 1.27 bits per heavy atom. The molecule has 9 heteroatoms. The number of carbonyl (C=O) groups is 2. The Kier molecular flexibility index (Phi) is 6.50. The summed E-state index contributed by atoms with van der Waals surface area (Å²) in [7, 11) is 1.27. The van der Waals surface area contributed by atoms with Gasteiger partial charge in [0.15, 0.2) is 0 Å². The van der Waals surface area contributed by atoms with Gasteiger partial charge in [0.2, 0.25) is 0 Å². The zero-order valence-corrected chi connectivity index (χ0v) is 15.8. The Labute approximate surface area is 159 Å². The Hall–Kier alpha value is -2.25. The van der Waals surface area contributed by atoms with E-state index in [1.54, 1.807) is 13.8 Å². The summed E-state index contributed by atoms with van der Waals surface area (Å²) < 4.78 is 23.6. The predicted molar refractivity (Wildman–Crippen MR) is 95.0 cm³/mol. The molecule has 0 saturated carbocycles. The highest BCUT2D eigenvalue weighted by molar-refractivity contribution is 6.35. The van der Waals surface area contributed by atoms with E-state index in [-0.39, 0.29) is 16.6 Å². The monoisotopic (exact) mass is 402 g/mol. The largest absolute Gasteiger partial charge is 0.465 e. The minimum Gasteiger partial charge on any atom is -0.465 e. The zero-order chi connectivity index (χ0) is 19.4. The number of ether oxygens (including phenoxy) is 1. The number of halogens is 3. The number of nitrogens with one attached hydrogen (secondary N) is 2. The number of amides is 2. The first-order valence-corrected chi connectivity index (χ1v) is 8.35. The molecule has 1 unspecified atom stereocenters. The number of hydrogen-bond donors (Lipinski definition) is 2. The van der Waals surface area contributed by atoms with Gasteiger partial charge in [0.05, 0.1) is 24.7 Å². The van der Waals surface area contributed by atoms with Crippen LogP contribution in [0.15, 0.2) is 22.6 Å². The third-order valence-corrected chi connectivity index (χ3v) is 4.27. The number of esters is 1. The molecule has 0 saturated heterocycles. The Bertz CT molecular complexity index is 838. The van der Waals surface area contributed by atoms with Crippen LogP contribution in [0.1, 0.15) is 40.4 Å². The molecule has 1 heterocycles. The first-order chi connectivity index (χ1) is 12.2. The van der Waals surface area contributed by atoms with Crippen molar-refractivity contribution in [3.05, 3.63) is 56.7 Å². The van der Waals surface area contributed by atoms with Crippen molar-refractivity contribution < 1.29 is 23.1 Å². The van der Waals surface area contributed by atoms with Gasteiger partial charge >= 0.3 is 12.0 Å². The molecule has 2 N–H and O–H groups in total. The van der Waals surface area contributed by atoms with Gasteiger partial charge in [0.25, 0.3) is 0 Å². The predicted octanol–water partition coefficient (Wildman–Crippen LogP) is 4.38. The standard InChI is InChI=1S/C17H17Cl2FN2O4/c1-8(11-5-15(20)14(19)6-13(11)18)22-17(24)21-7-10-4-12(9(2)26-10)16(23)25-3/h4-6,8H,7H2,1-3H3,(H2,21,22,24). The molecular formula is C17H17Cl2FN2O4. The Balaban J connectivity index is 1.97. The van der Waals surface area contributed by atoms with Crippen molar-refractivity contribution in [2.75, 3.05) is 7.11 Å². The fourth-order valence-corrected chi connectivity index (χ4v) is 2.85. The van der Waals surface area contributed by atoms with Gasteiger partial charge in [-0.05, 0) is 37.6 Å². The van der Waals surface area contributed by atoms with Crippen molar-refractivity contribution in [2.45, 2.75) is 26.4 Å². The van der Waals surface area contributed by atoms with Gasteiger partial charge in [-0.3, -0.25) is 0 Å². The molecule has 140 valence electrons. The molecule has 26 heavy (non-hydrogen) atoms. The Morgan fingerprint density at radius 2 is 1.96 bits per heavy atom. The number of urea groups is 1. The third-order valence-electron chi connectivity index (χ3n) is 3.65. The topological polar surface area (TPSA) is 80.6 Å². The van der Waals surface area contributed by atoms with Crippen LogP contribution in [0.4, 0.5) is 9.18 Å². The molecule has 0 aliphatic rings. The molecule has 0 aliphatic heterocycles. The molecule has 0 radical (unpaired) electrons. The summed E-state index contributed by atoms with van der Waals surface area (Å²) in [5, 5.41) is 5.37. The second-order valence-electron chi connectivity index (χ2n) is 5.51. The maximum absolute atomic E-state index is 13.6. The molecule has 6 nitrogen and oxygen atoms in total. The van der Waals surface area contributed by atoms with E-state index in [9.17, 15) is 14.0 Å². The maximum atomic E-state index is 13.6. The highest BCUT2D eigenvalue weighted by Gasteiger charge is 2.18. The lowest BCUT2D eigenvalue weighted by atomic mass is 10.1. The third kappa shape index (κ3) is 4.68. The number of hydrogen-bond acceptors (Lipinski definition) is 4. The van der Waals surface area contributed by atoms with Gasteiger partial charge < -0.3 is 19.8 Å². The van der Waals surface area contributed by atoms with Crippen LogP contribution in [-0.2, 0) is 11.3 Å². The number of carbonyl (C=O) groups excluding carboxylic acids is 2. The molecule has 2 rings (SSSR count).